The number of nitrogens with zero attached hydrogens (tertiary/aromatic N) is 2. The molecule has 2 nitrogen and oxygen atoms in total. The minimum atomic E-state index is 0.882. The van der Waals surface area contributed by atoms with Crippen molar-refractivity contribution in [2.75, 3.05) is 0 Å². The normalized spacial score (nSPS) is 20.0. The molecule has 0 radical (unpaired) electrons. The van der Waals surface area contributed by atoms with Crippen LogP contribution in [0.5, 0.6) is 0 Å². The van der Waals surface area contributed by atoms with Gasteiger partial charge < -0.3 is 0 Å². The van der Waals surface area contributed by atoms with Crippen LogP contribution >= 0.6 is 0 Å². The Hall–Kier alpha value is -1.70. The predicted molar refractivity (Wildman–Crippen MR) is 115 cm³/mol. The van der Waals surface area contributed by atoms with Crippen LogP contribution in [0.3, 0.4) is 0 Å². The second-order valence-corrected chi connectivity index (χ2v) is 8.45. The topological polar surface area (TPSA) is 25.8 Å². The Balaban J connectivity index is 1.55. The van der Waals surface area contributed by atoms with E-state index in [1.807, 2.05) is 6.20 Å². The Morgan fingerprint density at radius 2 is 1.52 bits per heavy atom. The zero-order valence-corrected chi connectivity index (χ0v) is 17.5. The zero-order chi connectivity index (χ0) is 19.1. The molecular formula is C25H36N2. The second-order valence-electron chi connectivity index (χ2n) is 8.45. The van der Waals surface area contributed by atoms with Gasteiger partial charge in [-0.05, 0) is 42.7 Å². The van der Waals surface area contributed by atoms with Gasteiger partial charge in [-0.15, -0.1) is 0 Å². The molecule has 0 N–H and O–H groups in total. The van der Waals surface area contributed by atoms with E-state index in [9.17, 15) is 0 Å². The monoisotopic (exact) mass is 364 g/mol. The third-order valence-electron chi connectivity index (χ3n) is 6.27. The molecule has 2 heteroatoms. The lowest BCUT2D eigenvalue weighted by Gasteiger charge is -2.28. The number of hydrogen-bond donors (Lipinski definition) is 0. The Morgan fingerprint density at radius 1 is 0.852 bits per heavy atom. The summed E-state index contributed by atoms with van der Waals surface area (Å²) in [6.45, 7) is 6.66. The molecule has 1 heterocycles. The van der Waals surface area contributed by atoms with Gasteiger partial charge in [0.15, 0.2) is 0 Å². The van der Waals surface area contributed by atoms with Crippen LogP contribution in [0.25, 0.3) is 11.1 Å². The smallest absolute Gasteiger partial charge is 0.128 e. The van der Waals surface area contributed by atoms with E-state index in [1.54, 1.807) is 0 Å². The van der Waals surface area contributed by atoms with Crippen molar-refractivity contribution in [3.05, 3.63) is 47.5 Å². The van der Waals surface area contributed by atoms with Crippen LogP contribution in [-0.4, -0.2) is 9.97 Å². The summed E-state index contributed by atoms with van der Waals surface area (Å²) in [5, 5.41) is 0. The number of hydrogen-bond acceptors (Lipinski definition) is 2. The van der Waals surface area contributed by atoms with E-state index in [0.29, 0.717) is 0 Å². The number of rotatable bonds is 8. The molecule has 1 saturated carbocycles. The highest BCUT2D eigenvalue weighted by Gasteiger charge is 2.20. The van der Waals surface area contributed by atoms with Gasteiger partial charge in [-0.1, -0.05) is 83.1 Å². The fourth-order valence-electron chi connectivity index (χ4n) is 4.61. The molecule has 1 aromatic heterocycles. The molecule has 0 bridgehead atoms. The SMILES string of the molecule is CCCc1ccc(-c2cnc(CCC3CCC(CCC)CC3)nc2C)cc1. The van der Waals surface area contributed by atoms with Crippen LogP contribution in [0.4, 0.5) is 0 Å². The highest BCUT2D eigenvalue weighted by Crippen LogP contribution is 2.33. The molecule has 1 aliphatic rings. The molecule has 3 rings (SSSR count). The molecule has 0 saturated heterocycles. The van der Waals surface area contributed by atoms with Gasteiger partial charge in [0, 0.05) is 23.9 Å². The van der Waals surface area contributed by atoms with Crippen LogP contribution in [0, 0.1) is 18.8 Å². The summed E-state index contributed by atoms with van der Waals surface area (Å²) >= 11 is 0. The average molecular weight is 365 g/mol. The first-order valence-electron chi connectivity index (χ1n) is 11.1. The maximum atomic E-state index is 4.83. The maximum Gasteiger partial charge on any atom is 0.128 e. The van der Waals surface area contributed by atoms with Crippen LogP contribution < -0.4 is 0 Å². The number of aromatic nitrogens is 2. The molecule has 0 amide bonds. The van der Waals surface area contributed by atoms with E-state index in [-0.39, 0.29) is 0 Å². The van der Waals surface area contributed by atoms with Crippen LogP contribution in [0.2, 0.25) is 0 Å². The fraction of sp³-hybridized carbons (Fsp3) is 0.600. The molecule has 1 aliphatic carbocycles. The minimum Gasteiger partial charge on any atom is -0.241 e. The predicted octanol–water partition coefficient (Wildman–Crippen LogP) is 6.94. The third-order valence-corrected chi connectivity index (χ3v) is 6.27. The summed E-state index contributed by atoms with van der Waals surface area (Å²) in [5.41, 5.74) is 4.91. The molecule has 0 atom stereocenters. The first kappa shape index (κ1) is 20.0. The Labute approximate surface area is 165 Å². The van der Waals surface area contributed by atoms with Gasteiger partial charge in [-0.3, -0.25) is 0 Å². The third kappa shape index (κ3) is 5.64. The number of aryl methyl sites for hydroxylation is 3. The van der Waals surface area contributed by atoms with Gasteiger partial charge in [0.05, 0.1) is 0 Å². The van der Waals surface area contributed by atoms with E-state index >= 15 is 0 Å². The van der Waals surface area contributed by atoms with Crippen molar-refractivity contribution < 1.29 is 0 Å². The first-order valence-corrected chi connectivity index (χ1v) is 11.1. The molecule has 146 valence electrons. The van der Waals surface area contributed by atoms with E-state index in [0.717, 1.165) is 36.2 Å². The molecule has 1 aromatic carbocycles. The summed E-state index contributed by atoms with van der Waals surface area (Å²) in [6.07, 6.45) is 15.1. The van der Waals surface area contributed by atoms with Crippen LogP contribution in [0.15, 0.2) is 30.5 Å². The zero-order valence-electron chi connectivity index (χ0n) is 17.5. The molecule has 27 heavy (non-hydrogen) atoms. The van der Waals surface area contributed by atoms with Gasteiger partial charge in [0.25, 0.3) is 0 Å². The standard InChI is InChI=1S/C25H36N2/c1-4-6-20-8-10-22(11-9-20)14-17-25-26-18-24(19(3)27-25)23-15-12-21(7-5-2)13-16-23/h12-13,15-16,18,20,22H,4-11,14,17H2,1-3H3. The van der Waals surface area contributed by atoms with E-state index in [4.69, 9.17) is 9.97 Å². The fourth-order valence-corrected chi connectivity index (χ4v) is 4.61. The molecular weight excluding hydrogens is 328 g/mol. The van der Waals surface area contributed by atoms with E-state index in [2.05, 4.69) is 45.0 Å². The summed E-state index contributed by atoms with van der Waals surface area (Å²) in [7, 11) is 0. The second kappa shape index (κ2) is 10.0. The summed E-state index contributed by atoms with van der Waals surface area (Å²) in [4.78, 5) is 9.52. The average Bonchev–Trinajstić information content (AvgIpc) is 2.69. The van der Waals surface area contributed by atoms with Crippen molar-refractivity contribution in [1.29, 1.82) is 0 Å². The number of benzene rings is 1. The highest BCUT2D eigenvalue weighted by atomic mass is 14.9. The van der Waals surface area contributed by atoms with E-state index in [1.165, 1.54) is 68.1 Å². The van der Waals surface area contributed by atoms with Crippen molar-refractivity contribution in [3.8, 4) is 11.1 Å². The molecule has 0 unspecified atom stereocenters. The molecule has 0 spiro atoms. The van der Waals surface area contributed by atoms with Gasteiger partial charge >= 0.3 is 0 Å². The van der Waals surface area contributed by atoms with Gasteiger partial charge in [0.1, 0.15) is 5.82 Å². The quantitative estimate of drug-likeness (QED) is 0.507. The van der Waals surface area contributed by atoms with Crippen LogP contribution in [0.1, 0.15) is 82.3 Å². The summed E-state index contributed by atoms with van der Waals surface area (Å²) in [6, 6.07) is 8.90. The molecule has 0 aliphatic heterocycles. The van der Waals surface area contributed by atoms with Crippen molar-refractivity contribution in [2.45, 2.75) is 85.0 Å². The lowest BCUT2D eigenvalue weighted by molar-refractivity contribution is 0.251. The highest BCUT2D eigenvalue weighted by molar-refractivity contribution is 5.65. The van der Waals surface area contributed by atoms with Crippen molar-refractivity contribution >= 4 is 0 Å². The van der Waals surface area contributed by atoms with E-state index < -0.39 is 0 Å². The van der Waals surface area contributed by atoms with Gasteiger partial charge in [-0.25, -0.2) is 9.97 Å². The largest absolute Gasteiger partial charge is 0.241 e. The Kier molecular flexibility index (Phi) is 7.43. The van der Waals surface area contributed by atoms with Gasteiger partial charge in [-0.2, -0.15) is 0 Å². The minimum absolute atomic E-state index is 0.882. The molecule has 2 aromatic rings. The van der Waals surface area contributed by atoms with Crippen molar-refractivity contribution in [1.82, 2.24) is 9.97 Å². The Bertz CT molecular complexity index is 697. The van der Waals surface area contributed by atoms with Crippen LogP contribution in [-0.2, 0) is 12.8 Å². The van der Waals surface area contributed by atoms with Crippen molar-refractivity contribution in [3.63, 3.8) is 0 Å². The lowest BCUT2D eigenvalue weighted by Crippen LogP contribution is -2.15. The molecule has 1 fully saturated rings. The van der Waals surface area contributed by atoms with Gasteiger partial charge in [0.2, 0.25) is 0 Å². The summed E-state index contributed by atoms with van der Waals surface area (Å²) in [5.74, 6) is 2.90. The first-order chi connectivity index (χ1) is 13.2. The lowest BCUT2D eigenvalue weighted by atomic mass is 9.78. The van der Waals surface area contributed by atoms with Crippen molar-refractivity contribution in [2.24, 2.45) is 11.8 Å². The maximum absolute atomic E-state index is 4.83. The summed E-state index contributed by atoms with van der Waals surface area (Å²) < 4.78 is 0. The Morgan fingerprint density at radius 3 is 2.11 bits per heavy atom.